The standard InChI is InChI=1S/C18H17NO3/c1-2-14(10-4-3-5-13(20)9-10)19-17(21)15-11-6-7-12(8-11)16(15)18(19)22/h2-7,9,11-12,14-16,20H,1,8H2. The second kappa shape index (κ2) is 4.57. The second-order valence-electron chi connectivity index (χ2n) is 6.32. The second-order valence-corrected chi connectivity index (χ2v) is 6.32. The van der Waals surface area contributed by atoms with E-state index in [-0.39, 0.29) is 41.2 Å². The minimum absolute atomic E-state index is 0.0971. The number of nitrogens with zero attached hydrogens (tertiary/aromatic N) is 1. The summed E-state index contributed by atoms with van der Waals surface area (Å²) in [7, 11) is 0. The molecule has 2 aliphatic carbocycles. The number of phenols is 1. The molecular formula is C18H17NO3. The Bertz CT molecular complexity index is 678. The number of aromatic hydroxyl groups is 1. The number of imide groups is 1. The van der Waals surface area contributed by atoms with E-state index in [4.69, 9.17) is 0 Å². The number of rotatable bonds is 3. The lowest BCUT2D eigenvalue weighted by Gasteiger charge is -2.25. The van der Waals surface area contributed by atoms with Crippen LogP contribution in [-0.4, -0.2) is 21.8 Å². The van der Waals surface area contributed by atoms with Crippen molar-refractivity contribution in [2.75, 3.05) is 0 Å². The van der Waals surface area contributed by atoms with E-state index >= 15 is 0 Å². The lowest BCUT2D eigenvalue weighted by Crippen LogP contribution is -2.35. The van der Waals surface area contributed by atoms with E-state index < -0.39 is 6.04 Å². The fourth-order valence-electron chi connectivity index (χ4n) is 4.30. The fraction of sp³-hybridized carbons (Fsp3) is 0.333. The maximum absolute atomic E-state index is 12.8. The predicted octanol–water partition coefficient (Wildman–Crippen LogP) is 2.43. The summed E-state index contributed by atoms with van der Waals surface area (Å²) in [5.74, 6) is -0.0905. The van der Waals surface area contributed by atoms with Crippen molar-refractivity contribution in [2.45, 2.75) is 12.5 Å². The number of phenolic OH excluding ortho intramolecular Hbond substituents is 1. The van der Waals surface area contributed by atoms with Crippen molar-refractivity contribution >= 4 is 11.8 Å². The highest BCUT2D eigenvalue weighted by Crippen LogP contribution is 2.53. The Hall–Kier alpha value is -2.36. The van der Waals surface area contributed by atoms with E-state index in [2.05, 4.69) is 18.7 Å². The molecule has 1 saturated carbocycles. The van der Waals surface area contributed by atoms with Gasteiger partial charge in [0.05, 0.1) is 17.9 Å². The van der Waals surface area contributed by atoms with Gasteiger partial charge in [-0.1, -0.05) is 30.4 Å². The van der Waals surface area contributed by atoms with Crippen LogP contribution in [0.1, 0.15) is 18.0 Å². The van der Waals surface area contributed by atoms with E-state index in [9.17, 15) is 14.7 Å². The maximum Gasteiger partial charge on any atom is 0.234 e. The number of amides is 2. The Morgan fingerprint density at radius 2 is 1.82 bits per heavy atom. The quantitative estimate of drug-likeness (QED) is 0.688. The minimum atomic E-state index is -0.517. The Morgan fingerprint density at radius 1 is 1.18 bits per heavy atom. The third kappa shape index (κ3) is 1.64. The lowest BCUT2D eigenvalue weighted by atomic mass is 9.85. The van der Waals surface area contributed by atoms with E-state index in [1.54, 1.807) is 30.3 Å². The molecule has 1 aromatic rings. The number of fused-ring (bicyclic) bond motifs is 5. The van der Waals surface area contributed by atoms with Crippen LogP contribution >= 0.6 is 0 Å². The molecule has 4 heteroatoms. The number of carbonyl (C=O) groups is 2. The van der Waals surface area contributed by atoms with Gasteiger partial charge in [0.15, 0.2) is 0 Å². The molecule has 112 valence electrons. The van der Waals surface area contributed by atoms with E-state index in [0.29, 0.717) is 5.56 Å². The zero-order valence-corrected chi connectivity index (χ0v) is 12.1. The highest BCUT2D eigenvalue weighted by molar-refractivity contribution is 6.07. The zero-order chi connectivity index (χ0) is 15.4. The summed E-state index contributed by atoms with van der Waals surface area (Å²) in [6, 6.07) is 6.13. The third-order valence-corrected chi connectivity index (χ3v) is 5.22. The number of likely N-dealkylation sites (tertiary alicyclic amines) is 1. The van der Waals surface area contributed by atoms with Crippen LogP contribution < -0.4 is 0 Å². The SMILES string of the molecule is C=CC(c1cccc(O)c1)N1C(=O)C2C3C=CC(C3)C2C1=O. The van der Waals surface area contributed by atoms with Gasteiger partial charge in [-0.3, -0.25) is 14.5 Å². The van der Waals surface area contributed by atoms with Crippen molar-refractivity contribution in [3.8, 4) is 5.75 Å². The van der Waals surface area contributed by atoms with Gasteiger partial charge in [0.1, 0.15) is 5.75 Å². The minimum Gasteiger partial charge on any atom is -0.508 e. The number of benzene rings is 1. The van der Waals surface area contributed by atoms with Gasteiger partial charge >= 0.3 is 0 Å². The average molecular weight is 295 g/mol. The summed E-state index contributed by atoms with van der Waals surface area (Å²) in [6.07, 6.45) is 6.68. The molecule has 0 spiro atoms. The monoisotopic (exact) mass is 295 g/mol. The first-order valence-electron chi connectivity index (χ1n) is 7.58. The molecule has 1 N–H and O–H groups in total. The predicted molar refractivity (Wildman–Crippen MR) is 80.6 cm³/mol. The van der Waals surface area contributed by atoms with Crippen LogP contribution in [0.15, 0.2) is 49.1 Å². The Labute approximate surface area is 128 Å². The molecule has 2 fully saturated rings. The molecule has 4 nitrogen and oxygen atoms in total. The van der Waals surface area contributed by atoms with Gasteiger partial charge in [-0.15, -0.1) is 6.58 Å². The molecule has 0 aromatic heterocycles. The van der Waals surface area contributed by atoms with Crippen LogP contribution in [0, 0.1) is 23.7 Å². The molecule has 22 heavy (non-hydrogen) atoms. The molecule has 5 unspecified atom stereocenters. The van der Waals surface area contributed by atoms with Crippen molar-refractivity contribution in [2.24, 2.45) is 23.7 Å². The molecule has 2 bridgehead atoms. The maximum atomic E-state index is 12.8. The fourth-order valence-corrected chi connectivity index (χ4v) is 4.30. The van der Waals surface area contributed by atoms with Crippen molar-refractivity contribution in [3.05, 3.63) is 54.6 Å². The first-order valence-corrected chi connectivity index (χ1v) is 7.58. The highest BCUT2D eigenvalue weighted by atomic mass is 16.3. The normalized spacial score (nSPS) is 33.4. The Balaban J connectivity index is 1.72. The largest absolute Gasteiger partial charge is 0.508 e. The van der Waals surface area contributed by atoms with Gasteiger partial charge < -0.3 is 5.11 Å². The topological polar surface area (TPSA) is 57.6 Å². The Morgan fingerprint density at radius 3 is 2.36 bits per heavy atom. The highest BCUT2D eigenvalue weighted by Gasteiger charge is 2.60. The molecule has 4 rings (SSSR count). The summed E-state index contributed by atoms with van der Waals surface area (Å²) < 4.78 is 0. The number of hydrogen-bond donors (Lipinski definition) is 1. The molecule has 0 radical (unpaired) electrons. The number of allylic oxidation sites excluding steroid dienone is 2. The Kier molecular flexibility index (Phi) is 2.76. The van der Waals surface area contributed by atoms with Gasteiger partial charge in [0.25, 0.3) is 0 Å². The van der Waals surface area contributed by atoms with Crippen LogP contribution in [0.3, 0.4) is 0 Å². The summed E-state index contributed by atoms with van der Waals surface area (Å²) in [4.78, 5) is 27.0. The van der Waals surface area contributed by atoms with Gasteiger partial charge in [-0.2, -0.15) is 0 Å². The molecular weight excluding hydrogens is 278 g/mol. The lowest BCUT2D eigenvalue weighted by molar-refractivity contribution is -0.142. The third-order valence-electron chi connectivity index (χ3n) is 5.22. The molecule has 1 aromatic carbocycles. The number of hydrogen-bond acceptors (Lipinski definition) is 3. The zero-order valence-electron chi connectivity index (χ0n) is 12.1. The van der Waals surface area contributed by atoms with Gasteiger partial charge in [0, 0.05) is 0 Å². The van der Waals surface area contributed by atoms with Crippen LogP contribution in [0.2, 0.25) is 0 Å². The van der Waals surface area contributed by atoms with Crippen molar-refractivity contribution in [3.63, 3.8) is 0 Å². The van der Waals surface area contributed by atoms with Crippen LogP contribution in [-0.2, 0) is 9.59 Å². The first-order chi connectivity index (χ1) is 10.6. The molecule has 2 amide bonds. The summed E-state index contributed by atoms with van der Waals surface area (Å²) >= 11 is 0. The van der Waals surface area contributed by atoms with Crippen LogP contribution in [0.4, 0.5) is 0 Å². The van der Waals surface area contributed by atoms with Crippen molar-refractivity contribution in [1.29, 1.82) is 0 Å². The average Bonchev–Trinajstić information content (AvgIpc) is 3.17. The molecule has 1 saturated heterocycles. The van der Waals surface area contributed by atoms with Gasteiger partial charge in [-0.05, 0) is 36.0 Å². The van der Waals surface area contributed by atoms with Crippen molar-refractivity contribution in [1.82, 2.24) is 4.90 Å². The summed E-state index contributed by atoms with van der Waals surface area (Å²) in [5, 5.41) is 9.65. The smallest absolute Gasteiger partial charge is 0.234 e. The van der Waals surface area contributed by atoms with E-state index in [0.717, 1.165) is 6.42 Å². The van der Waals surface area contributed by atoms with E-state index in [1.165, 1.54) is 4.90 Å². The van der Waals surface area contributed by atoms with Gasteiger partial charge in [-0.25, -0.2) is 0 Å². The molecule has 5 atom stereocenters. The van der Waals surface area contributed by atoms with Gasteiger partial charge in [0.2, 0.25) is 11.8 Å². The molecule has 1 aliphatic heterocycles. The summed E-state index contributed by atoms with van der Waals surface area (Å²) in [5.41, 5.74) is 0.706. The van der Waals surface area contributed by atoms with Crippen molar-refractivity contribution < 1.29 is 14.7 Å². The van der Waals surface area contributed by atoms with E-state index in [1.807, 2.05) is 0 Å². The molecule has 1 heterocycles. The first kappa shape index (κ1) is 13.3. The molecule has 3 aliphatic rings. The van der Waals surface area contributed by atoms with Crippen LogP contribution in [0.25, 0.3) is 0 Å². The number of carbonyl (C=O) groups excluding carboxylic acids is 2. The summed E-state index contributed by atoms with van der Waals surface area (Å²) in [6.45, 7) is 3.78. The van der Waals surface area contributed by atoms with Crippen LogP contribution in [0.5, 0.6) is 5.75 Å².